The molecule has 4 aliphatic carbocycles. The minimum atomic E-state index is -2.85. The second-order valence-corrected chi connectivity index (χ2v) is 11.2. The fourth-order valence-electron chi connectivity index (χ4n) is 6.95. The first-order valence-corrected chi connectivity index (χ1v) is 10.6. The third kappa shape index (κ3) is 1.79. The van der Waals surface area contributed by atoms with Crippen molar-refractivity contribution in [3.05, 3.63) is 11.6 Å². The van der Waals surface area contributed by atoms with Crippen molar-refractivity contribution in [1.82, 2.24) is 0 Å². The summed E-state index contributed by atoms with van der Waals surface area (Å²) in [5.74, 6) is 2.86. The average molecular weight is 306 g/mol. The Hall–Kier alpha value is -0.310. The van der Waals surface area contributed by atoms with Gasteiger partial charge in [0.2, 0.25) is 0 Å². The Labute approximate surface area is 128 Å². The normalized spacial score (nSPS) is 53.5. The van der Waals surface area contributed by atoms with Crippen LogP contribution in [0.5, 0.6) is 0 Å². The maximum Gasteiger partial charge on any atom is 0.159 e. The maximum absolute atomic E-state index is 12.5. The average Bonchev–Trinajstić information content (AvgIpc) is 2.34. The zero-order valence-electron chi connectivity index (χ0n) is 12.8. The maximum atomic E-state index is 12.5. The van der Waals surface area contributed by atoms with Gasteiger partial charge in [0.15, 0.2) is 9.84 Å². The number of allylic oxidation sites excluding steroid dienone is 1. The van der Waals surface area contributed by atoms with Gasteiger partial charge in [-0.2, -0.15) is 0 Å². The molecule has 6 aliphatic rings. The molecule has 1 saturated heterocycles. The Morgan fingerprint density at radius 1 is 0.952 bits per heavy atom. The van der Waals surface area contributed by atoms with Crippen LogP contribution < -0.4 is 0 Å². The summed E-state index contributed by atoms with van der Waals surface area (Å²) < 4.78 is 25.0. The molecular weight excluding hydrogens is 280 g/mol. The van der Waals surface area contributed by atoms with Gasteiger partial charge in [0, 0.05) is 0 Å². The van der Waals surface area contributed by atoms with Crippen molar-refractivity contribution in [1.29, 1.82) is 0 Å². The van der Waals surface area contributed by atoms with E-state index in [0.717, 1.165) is 43.4 Å². The van der Waals surface area contributed by atoms with Gasteiger partial charge in [-0.05, 0) is 81.0 Å². The molecule has 0 amide bonds. The lowest BCUT2D eigenvalue weighted by molar-refractivity contribution is -0.0326. The molecule has 0 aromatic heterocycles. The van der Waals surface area contributed by atoms with Crippen molar-refractivity contribution in [3.63, 3.8) is 0 Å². The van der Waals surface area contributed by atoms with Crippen LogP contribution in [-0.4, -0.2) is 18.9 Å². The first-order chi connectivity index (χ1) is 10.1. The van der Waals surface area contributed by atoms with E-state index < -0.39 is 9.84 Å². The fourth-order valence-corrected chi connectivity index (χ4v) is 9.20. The molecule has 3 heteroatoms. The van der Waals surface area contributed by atoms with Crippen LogP contribution in [0.15, 0.2) is 11.6 Å². The molecule has 5 fully saturated rings. The molecule has 0 N–H and O–H groups in total. The smallest absolute Gasteiger partial charge is 0.159 e. The van der Waals surface area contributed by atoms with E-state index >= 15 is 0 Å². The lowest BCUT2D eigenvalue weighted by Gasteiger charge is -2.59. The minimum Gasteiger partial charge on any atom is -0.228 e. The molecule has 0 radical (unpaired) electrons. The first-order valence-electron chi connectivity index (χ1n) is 8.99. The van der Waals surface area contributed by atoms with Gasteiger partial charge in [0.1, 0.15) is 0 Å². The summed E-state index contributed by atoms with van der Waals surface area (Å²) in [7, 11) is -2.85. The topological polar surface area (TPSA) is 34.1 Å². The molecule has 6 rings (SSSR count). The van der Waals surface area contributed by atoms with Crippen LogP contribution in [0.3, 0.4) is 0 Å². The summed E-state index contributed by atoms with van der Waals surface area (Å²) in [5, 5.41) is -0.169. The number of hydrogen-bond acceptors (Lipinski definition) is 2. The van der Waals surface area contributed by atoms with Crippen LogP contribution in [0.25, 0.3) is 0 Å². The Balaban J connectivity index is 1.55. The van der Waals surface area contributed by atoms with Crippen LogP contribution in [-0.2, 0) is 9.84 Å². The molecular formula is C18H26O2S. The summed E-state index contributed by atoms with van der Waals surface area (Å²) in [6, 6.07) is 0. The third-order valence-electron chi connectivity index (χ3n) is 7.46. The summed E-state index contributed by atoms with van der Waals surface area (Å²) >= 11 is 0. The largest absolute Gasteiger partial charge is 0.228 e. The van der Waals surface area contributed by atoms with Crippen molar-refractivity contribution in [2.75, 3.05) is 0 Å². The van der Waals surface area contributed by atoms with Crippen molar-refractivity contribution in [2.24, 2.45) is 23.2 Å². The predicted molar refractivity (Wildman–Crippen MR) is 83.7 cm³/mol. The summed E-state index contributed by atoms with van der Waals surface area (Å²) in [6.45, 7) is 0. The van der Waals surface area contributed by atoms with Gasteiger partial charge in [-0.3, -0.25) is 0 Å². The lowest BCUT2D eigenvalue weighted by atomic mass is 9.47. The standard InChI is InChI=1S/C18H26O2S/c19-21(20)16-2-1-3-17(21)8-15(7-16)18-9-12-4-13(10-18)6-14(5-12)11-18/h7,12-14,16-17H,1-6,8-11H2. The van der Waals surface area contributed by atoms with E-state index in [0.29, 0.717) is 5.41 Å². The Morgan fingerprint density at radius 2 is 1.57 bits per heavy atom. The molecule has 116 valence electrons. The highest BCUT2D eigenvalue weighted by molar-refractivity contribution is 7.92. The molecule has 0 spiro atoms. The molecule has 21 heavy (non-hydrogen) atoms. The zero-order valence-corrected chi connectivity index (χ0v) is 13.6. The van der Waals surface area contributed by atoms with Gasteiger partial charge in [-0.25, -0.2) is 8.42 Å². The van der Waals surface area contributed by atoms with Crippen molar-refractivity contribution >= 4 is 9.84 Å². The van der Waals surface area contributed by atoms with Crippen LogP contribution in [0.1, 0.15) is 64.2 Å². The van der Waals surface area contributed by atoms with Gasteiger partial charge >= 0.3 is 0 Å². The van der Waals surface area contributed by atoms with Gasteiger partial charge in [0.05, 0.1) is 10.5 Å². The molecule has 2 heterocycles. The van der Waals surface area contributed by atoms with Gasteiger partial charge in [-0.15, -0.1) is 0 Å². The van der Waals surface area contributed by atoms with Crippen molar-refractivity contribution in [3.8, 4) is 0 Å². The van der Waals surface area contributed by atoms with Crippen LogP contribution in [0, 0.1) is 23.2 Å². The van der Waals surface area contributed by atoms with Crippen LogP contribution in [0.2, 0.25) is 0 Å². The molecule has 2 unspecified atom stereocenters. The number of fused-ring (bicyclic) bond motifs is 2. The Kier molecular flexibility index (Phi) is 2.60. The van der Waals surface area contributed by atoms with Gasteiger partial charge in [-0.1, -0.05) is 18.1 Å². The summed E-state index contributed by atoms with van der Waals surface area (Å²) in [5.41, 5.74) is 2.02. The minimum absolute atomic E-state index is 0.0377. The molecule has 2 atom stereocenters. The SMILES string of the molecule is O=S1(=O)C2C=C(C34CC5CC(CC(C5)C3)C4)CC1CCC2. The fraction of sp³-hybridized carbons (Fsp3) is 0.889. The molecule has 6 bridgehead atoms. The van der Waals surface area contributed by atoms with Crippen LogP contribution >= 0.6 is 0 Å². The summed E-state index contributed by atoms with van der Waals surface area (Å²) in [4.78, 5) is 0. The third-order valence-corrected chi connectivity index (χ3v) is 10.0. The predicted octanol–water partition coefficient (Wildman–Crippen LogP) is 3.87. The van der Waals surface area contributed by atoms with E-state index in [4.69, 9.17) is 0 Å². The molecule has 0 aromatic carbocycles. The van der Waals surface area contributed by atoms with Gasteiger partial charge < -0.3 is 0 Å². The Morgan fingerprint density at radius 3 is 2.14 bits per heavy atom. The highest BCUT2D eigenvalue weighted by atomic mass is 32.2. The van der Waals surface area contributed by atoms with E-state index in [1.807, 2.05) is 0 Å². The quantitative estimate of drug-likeness (QED) is 0.689. The second-order valence-electron chi connectivity index (χ2n) is 8.77. The van der Waals surface area contributed by atoms with Crippen molar-refractivity contribution in [2.45, 2.75) is 74.7 Å². The van der Waals surface area contributed by atoms with Crippen LogP contribution in [0.4, 0.5) is 0 Å². The van der Waals surface area contributed by atoms with Crippen molar-refractivity contribution < 1.29 is 8.42 Å². The number of rotatable bonds is 1. The zero-order chi connectivity index (χ0) is 14.2. The number of hydrogen-bond donors (Lipinski definition) is 0. The molecule has 2 nitrogen and oxygen atoms in total. The highest BCUT2D eigenvalue weighted by Gasteiger charge is 2.54. The second kappa shape index (κ2) is 4.15. The molecule has 4 saturated carbocycles. The van der Waals surface area contributed by atoms with E-state index in [-0.39, 0.29) is 10.5 Å². The van der Waals surface area contributed by atoms with E-state index in [9.17, 15) is 8.42 Å². The summed E-state index contributed by atoms with van der Waals surface area (Å²) in [6.07, 6.45) is 14.6. The molecule has 0 aromatic rings. The highest BCUT2D eigenvalue weighted by Crippen LogP contribution is 2.64. The van der Waals surface area contributed by atoms with E-state index in [2.05, 4.69) is 6.08 Å². The van der Waals surface area contributed by atoms with Gasteiger partial charge in [0.25, 0.3) is 0 Å². The lowest BCUT2D eigenvalue weighted by Crippen LogP contribution is -2.49. The number of sulfone groups is 1. The monoisotopic (exact) mass is 306 g/mol. The molecule has 2 aliphatic heterocycles. The van der Waals surface area contributed by atoms with E-state index in [1.54, 1.807) is 5.57 Å². The van der Waals surface area contributed by atoms with E-state index in [1.165, 1.54) is 38.5 Å². The first kappa shape index (κ1) is 13.2. The Bertz CT molecular complexity index is 565.